The highest BCUT2D eigenvalue weighted by Crippen LogP contribution is 2.20. The van der Waals surface area contributed by atoms with Crippen molar-refractivity contribution in [3.8, 4) is 0 Å². The number of carbonyl (C=O) groups is 2. The Morgan fingerprint density at radius 1 is 0.909 bits per heavy atom. The molecule has 3 amide bonds. The number of urea groups is 1. The van der Waals surface area contributed by atoms with Gasteiger partial charge in [0.1, 0.15) is 6.04 Å². The first-order valence-corrected chi connectivity index (χ1v) is 12.8. The molecule has 33 heavy (non-hydrogen) atoms. The zero-order valence-electron chi connectivity index (χ0n) is 18.8. The number of rotatable bonds is 8. The van der Waals surface area contributed by atoms with E-state index in [9.17, 15) is 18.0 Å². The predicted octanol–water partition coefficient (Wildman–Crippen LogP) is 2.07. The van der Waals surface area contributed by atoms with Crippen LogP contribution < -0.4 is 5.32 Å². The third-order valence-corrected chi connectivity index (χ3v) is 8.07. The molecule has 2 aromatic rings. The van der Waals surface area contributed by atoms with Crippen LogP contribution in [-0.2, 0) is 27.7 Å². The number of amides is 3. The van der Waals surface area contributed by atoms with Crippen LogP contribution in [-0.4, -0.2) is 73.4 Å². The number of nitrogens with zero attached hydrogens (tertiary/aromatic N) is 3. The Hall–Kier alpha value is -2.75. The molecule has 0 unspecified atom stereocenters. The fourth-order valence-corrected chi connectivity index (χ4v) is 5.70. The number of imide groups is 1. The minimum Gasteiger partial charge on any atom is -0.325 e. The van der Waals surface area contributed by atoms with Crippen LogP contribution in [0, 0.1) is 0 Å². The smallest absolute Gasteiger partial charge is 0.325 e. The lowest BCUT2D eigenvalue weighted by Crippen LogP contribution is -2.52. The molecule has 2 heterocycles. The minimum absolute atomic E-state index is 0.162. The molecule has 4 rings (SSSR count). The van der Waals surface area contributed by atoms with Gasteiger partial charge in [0.25, 0.3) is 5.91 Å². The Bertz CT molecular complexity index is 1080. The first kappa shape index (κ1) is 23.4. The Kier molecular flexibility index (Phi) is 7.11. The monoisotopic (exact) mass is 470 g/mol. The van der Waals surface area contributed by atoms with Crippen LogP contribution in [0.1, 0.15) is 24.5 Å². The average Bonchev–Trinajstić information content (AvgIpc) is 3.08. The van der Waals surface area contributed by atoms with E-state index in [1.54, 1.807) is 12.1 Å². The molecular weight excluding hydrogens is 440 g/mol. The molecule has 0 spiro atoms. The van der Waals surface area contributed by atoms with Gasteiger partial charge in [-0.2, -0.15) is 4.31 Å². The van der Waals surface area contributed by atoms with Gasteiger partial charge in [-0.25, -0.2) is 18.1 Å². The van der Waals surface area contributed by atoms with Gasteiger partial charge in [0.2, 0.25) is 10.0 Å². The highest BCUT2D eigenvalue weighted by Gasteiger charge is 2.39. The molecule has 8 nitrogen and oxygen atoms in total. The highest BCUT2D eigenvalue weighted by molar-refractivity contribution is 7.89. The molecule has 2 aliphatic heterocycles. The predicted molar refractivity (Wildman–Crippen MR) is 125 cm³/mol. The van der Waals surface area contributed by atoms with Gasteiger partial charge in [0.05, 0.1) is 11.6 Å². The van der Waals surface area contributed by atoms with Crippen LogP contribution in [0.25, 0.3) is 0 Å². The fraction of sp³-hybridized carbons (Fsp3) is 0.417. The third kappa shape index (κ3) is 5.26. The molecule has 0 saturated carbocycles. The van der Waals surface area contributed by atoms with Gasteiger partial charge in [0, 0.05) is 32.6 Å². The lowest BCUT2D eigenvalue weighted by molar-refractivity contribution is -0.129. The molecule has 0 bridgehead atoms. The second kappa shape index (κ2) is 10.0. The molecule has 2 aliphatic rings. The average molecular weight is 471 g/mol. The van der Waals surface area contributed by atoms with E-state index >= 15 is 0 Å². The summed E-state index contributed by atoms with van der Waals surface area (Å²) in [5, 5.41) is 2.76. The van der Waals surface area contributed by atoms with Crippen LogP contribution in [0.15, 0.2) is 59.5 Å². The zero-order valence-corrected chi connectivity index (χ0v) is 19.6. The summed E-state index contributed by atoms with van der Waals surface area (Å²) in [5.41, 5.74) is 2.11. The number of piperazine rings is 1. The van der Waals surface area contributed by atoms with E-state index in [0.29, 0.717) is 37.5 Å². The standard InChI is InChI=1S/C24H30N4O4S/c1-2-6-19-9-11-21(12-10-19)33(31,32)27-15-13-26(14-16-27)18-28-23(29)22(25-24(28)30)17-20-7-4-3-5-8-20/h3-5,7-12,22H,2,6,13-18H2,1H3,(H,25,30)/t22-/m1/s1. The normalized spacial score (nSPS) is 20.3. The van der Waals surface area contributed by atoms with Gasteiger partial charge in [-0.3, -0.25) is 9.69 Å². The van der Waals surface area contributed by atoms with Crippen molar-refractivity contribution < 1.29 is 18.0 Å². The molecule has 9 heteroatoms. The number of aryl methyl sites for hydroxylation is 1. The SMILES string of the molecule is CCCc1ccc(S(=O)(=O)N2CCN(CN3C(=O)N[C@H](Cc4ccccc4)C3=O)CC2)cc1. The largest absolute Gasteiger partial charge is 0.325 e. The first-order chi connectivity index (χ1) is 15.9. The molecule has 1 atom stereocenters. The molecule has 2 aromatic carbocycles. The summed E-state index contributed by atoms with van der Waals surface area (Å²) in [6.07, 6.45) is 2.39. The van der Waals surface area contributed by atoms with E-state index < -0.39 is 22.1 Å². The van der Waals surface area contributed by atoms with Crippen molar-refractivity contribution in [3.63, 3.8) is 0 Å². The second-order valence-corrected chi connectivity index (χ2v) is 10.5. The Morgan fingerprint density at radius 3 is 2.21 bits per heavy atom. The molecule has 0 aromatic heterocycles. The second-order valence-electron chi connectivity index (χ2n) is 8.52. The van der Waals surface area contributed by atoms with Crippen molar-refractivity contribution >= 4 is 22.0 Å². The number of benzene rings is 2. The first-order valence-electron chi connectivity index (χ1n) is 11.4. The molecule has 2 fully saturated rings. The van der Waals surface area contributed by atoms with Crippen molar-refractivity contribution in [3.05, 3.63) is 65.7 Å². The molecule has 1 N–H and O–H groups in total. The van der Waals surface area contributed by atoms with Crippen LogP contribution in [0.2, 0.25) is 0 Å². The van der Waals surface area contributed by atoms with Gasteiger partial charge in [-0.1, -0.05) is 55.8 Å². The molecule has 176 valence electrons. The number of sulfonamides is 1. The van der Waals surface area contributed by atoms with E-state index in [-0.39, 0.29) is 12.6 Å². The lowest BCUT2D eigenvalue weighted by Gasteiger charge is -2.35. The van der Waals surface area contributed by atoms with Gasteiger partial charge in [-0.15, -0.1) is 0 Å². The van der Waals surface area contributed by atoms with E-state index in [0.717, 1.165) is 24.0 Å². The Labute approximate surface area is 195 Å². The molecule has 0 radical (unpaired) electrons. The topological polar surface area (TPSA) is 90.0 Å². The maximum atomic E-state index is 13.0. The minimum atomic E-state index is -3.56. The van der Waals surface area contributed by atoms with Crippen molar-refractivity contribution in [2.24, 2.45) is 0 Å². The summed E-state index contributed by atoms with van der Waals surface area (Å²) >= 11 is 0. The van der Waals surface area contributed by atoms with Gasteiger partial charge in [-0.05, 0) is 29.7 Å². The quantitative estimate of drug-likeness (QED) is 0.597. The summed E-state index contributed by atoms with van der Waals surface area (Å²) < 4.78 is 27.5. The summed E-state index contributed by atoms with van der Waals surface area (Å²) in [4.78, 5) is 28.7. The van der Waals surface area contributed by atoms with E-state index in [1.165, 1.54) is 9.21 Å². The Balaban J connectivity index is 1.32. The lowest BCUT2D eigenvalue weighted by atomic mass is 10.1. The van der Waals surface area contributed by atoms with Crippen molar-refractivity contribution in [1.29, 1.82) is 0 Å². The number of hydrogen-bond donors (Lipinski definition) is 1. The van der Waals surface area contributed by atoms with Crippen LogP contribution in [0.4, 0.5) is 4.79 Å². The Morgan fingerprint density at radius 2 is 1.58 bits per heavy atom. The highest BCUT2D eigenvalue weighted by atomic mass is 32.2. The summed E-state index contributed by atoms with van der Waals surface area (Å²) in [7, 11) is -3.56. The van der Waals surface area contributed by atoms with Crippen molar-refractivity contribution in [1.82, 2.24) is 19.4 Å². The van der Waals surface area contributed by atoms with Crippen LogP contribution in [0.3, 0.4) is 0 Å². The summed E-state index contributed by atoms with van der Waals surface area (Å²) in [5.74, 6) is -0.244. The van der Waals surface area contributed by atoms with Gasteiger partial charge >= 0.3 is 6.03 Å². The molecule has 0 aliphatic carbocycles. The van der Waals surface area contributed by atoms with Gasteiger partial charge < -0.3 is 5.32 Å². The summed E-state index contributed by atoms with van der Waals surface area (Å²) in [6, 6.07) is 15.7. The molecular formula is C24H30N4O4S. The zero-order chi connectivity index (χ0) is 23.4. The van der Waals surface area contributed by atoms with Crippen LogP contribution >= 0.6 is 0 Å². The van der Waals surface area contributed by atoms with E-state index in [1.807, 2.05) is 47.4 Å². The maximum Gasteiger partial charge on any atom is 0.325 e. The third-order valence-electron chi connectivity index (χ3n) is 6.16. The van der Waals surface area contributed by atoms with E-state index in [2.05, 4.69) is 12.2 Å². The fourth-order valence-electron chi connectivity index (χ4n) is 4.28. The summed E-state index contributed by atoms with van der Waals surface area (Å²) in [6.45, 7) is 3.79. The van der Waals surface area contributed by atoms with Crippen LogP contribution in [0.5, 0.6) is 0 Å². The molecule has 2 saturated heterocycles. The number of hydrogen-bond acceptors (Lipinski definition) is 5. The van der Waals surface area contributed by atoms with E-state index in [4.69, 9.17) is 0 Å². The number of nitrogens with one attached hydrogen (secondary N) is 1. The maximum absolute atomic E-state index is 13.0. The van der Waals surface area contributed by atoms with Crippen molar-refractivity contribution in [2.45, 2.75) is 37.1 Å². The van der Waals surface area contributed by atoms with Crippen molar-refractivity contribution in [2.75, 3.05) is 32.8 Å². The van der Waals surface area contributed by atoms with Gasteiger partial charge in [0.15, 0.2) is 0 Å². The number of carbonyl (C=O) groups excluding carboxylic acids is 2.